The van der Waals surface area contributed by atoms with Crippen molar-refractivity contribution in [3.8, 4) is 0 Å². The maximum absolute atomic E-state index is 13.5. The lowest BCUT2D eigenvalue weighted by Crippen LogP contribution is -2.49. The normalized spacial score (nSPS) is 16.2. The smallest absolute Gasteiger partial charge is 0.236 e. The minimum Gasteiger partial charge on any atom is -0.351 e. The van der Waals surface area contributed by atoms with Gasteiger partial charge in [-0.15, -0.1) is 0 Å². The van der Waals surface area contributed by atoms with E-state index in [4.69, 9.17) is 0 Å². The Balaban J connectivity index is 1.97. The molecular formula is C16H21FN2O2. The summed E-state index contributed by atoms with van der Waals surface area (Å²) in [5.41, 5.74) is -0.935. The lowest BCUT2D eigenvalue weighted by atomic mass is 10.0. The van der Waals surface area contributed by atoms with Crippen molar-refractivity contribution in [3.05, 3.63) is 35.6 Å². The molecule has 1 fully saturated rings. The van der Waals surface area contributed by atoms with Crippen LogP contribution in [0.2, 0.25) is 0 Å². The van der Waals surface area contributed by atoms with Crippen LogP contribution in [-0.4, -0.2) is 17.4 Å². The molecular weight excluding hydrogens is 271 g/mol. The van der Waals surface area contributed by atoms with Crippen molar-refractivity contribution in [2.24, 2.45) is 5.41 Å². The van der Waals surface area contributed by atoms with Gasteiger partial charge in [0.1, 0.15) is 11.2 Å². The van der Waals surface area contributed by atoms with E-state index in [2.05, 4.69) is 10.6 Å². The van der Waals surface area contributed by atoms with E-state index in [9.17, 15) is 14.0 Å². The van der Waals surface area contributed by atoms with Gasteiger partial charge >= 0.3 is 0 Å². The predicted molar refractivity (Wildman–Crippen MR) is 77.8 cm³/mol. The maximum atomic E-state index is 13.5. The minimum absolute atomic E-state index is 0.0933. The Morgan fingerprint density at radius 2 is 1.81 bits per heavy atom. The first-order valence-corrected chi connectivity index (χ1v) is 7.09. The van der Waals surface area contributed by atoms with E-state index in [1.165, 1.54) is 6.07 Å². The molecule has 1 aliphatic carbocycles. The molecule has 1 aromatic carbocycles. The van der Waals surface area contributed by atoms with E-state index in [0.29, 0.717) is 18.4 Å². The summed E-state index contributed by atoms with van der Waals surface area (Å²) >= 11 is 0. The number of halogens is 1. The van der Waals surface area contributed by atoms with E-state index in [-0.39, 0.29) is 29.7 Å². The Kier molecular flexibility index (Phi) is 4.03. The third-order valence-corrected chi connectivity index (χ3v) is 3.51. The second-order valence-electron chi connectivity index (χ2n) is 6.56. The third kappa shape index (κ3) is 3.60. The number of carbonyl (C=O) groups excluding carboxylic acids is 2. The molecule has 0 radical (unpaired) electrons. The highest BCUT2D eigenvalue weighted by molar-refractivity contribution is 6.08. The fourth-order valence-corrected chi connectivity index (χ4v) is 2.13. The summed E-state index contributed by atoms with van der Waals surface area (Å²) < 4.78 is 13.5. The Morgan fingerprint density at radius 3 is 2.33 bits per heavy atom. The Hall–Kier alpha value is -1.91. The molecule has 0 spiro atoms. The molecule has 1 aromatic rings. The molecule has 0 saturated heterocycles. The van der Waals surface area contributed by atoms with Crippen molar-refractivity contribution < 1.29 is 14.0 Å². The first kappa shape index (κ1) is 15.5. The fourth-order valence-electron chi connectivity index (χ4n) is 2.13. The number of amides is 2. The van der Waals surface area contributed by atoms with Crippen molar-refractivity contribution in [3.63, 3.8) is 0 Å². The summed E-state index contributed by atoms with van der Waals surface area (Å²) in [5.74, 6) is -0.935. The number of benzene rings is 1. The van der Waals surface area contributed by atoms with Gasteiger partial charge in [0.05, 0.1) is 0 Å². The Labute approximate surface area is 124 Å². The predicted octanol–water partition coefficient (Wildman–Crippen LogP) is 2.14. The van der Waals surface area contributed by atoms with Crippen molar-refractivity contribution in [2.75, 3.05) is 0 Å². The molecule has 0 heterocycles. The van der Waals surface area contributed by atoms with E-state index in [0.717, 1.165) is 0 Å². The standard InChI is InChI=1S/C16H21FN2O2/c1-15(2,3)19-14(21)16(8-9-16)13(20)18-10-11-6-4-5-7-12(11)17/h4-7H,8-10H2,1-3H3,(H,18,20)(H,19,21). The first-order chi connectivity index (χ1) is 9.74. The number of hydrogen-bond donors (Lipinski definition) is 2. The van der Waals surface area contributed by atoms with E-state index in [1.54, 1.807) is 18.2 Å². The SMILES string of the molecule is CC(C)(C)NC(=O)C1(C(=O)NCc2ccccc2F)CC1. The molecule has 0 bridgehead atoms. The van der Waals surface area contributed by atoms with Crippen LogP contribution in [0.3, 0.4) is 0 Å². The average molecular weight is 292 g/mol. The van der Waals surface area contributed by atoms with Crippen LogP contribution in [0.15, 0.2) is 24.3 Å². The monoisotopic (exact) mass is 292 g/mol. The number of nitrogens with one attached hydrogen (secondary N) is 2. The summed E-state index contributed by atoms with van der Waals surface area (Å²) in [6.07, 6.45) is 1.08. The second kappa shape index (κ2) is 5.47. The molecule has 5 heteroatoms. The van der Waals surface area contributed by atoms with Crippen LogP contribution in [-0.2, 0) is 16.1 Å². The molecule has 21 heavy (non-hydrogen) atoms. The Morgan fingerprint density at radius 1 is 1.19 bits per heavy atom. The van der Waals surface area contributed by atoms with Gasteiger partial charge in [-0.25, -0.2) is 4.39 Å². The molecule has 2 N–H and O–H groups in total. The van der Waals surface area contributed by atoms with Gasteiger partial charge in [0.2, 0.25) is 11.8 Å². The molecule has 114 valence electrons. The molecule has 1 saturated carbocycles. The second-order valence-corrected chi connectivity index (χ2v) is 6.56. The molecule has 2 amide bonds. The van der Waals surface area contributed by atoms with Gasteiger partial charge in [-0.1, -0.05) is 18.2 Å². The first-order valence-electron chi connectivity index (χ1n) is 7.09. The summed E-state index contributed by atoms with van der Waals surface area (Å²) in [5, 5.41) is 5.51. The Bertz CT molecular complexity index is 560. The van der Waals surface area contributed by atoms with Gasteiger partial charge in [-0.2, -0.15) is 0 Å². The zero-order chi connectivity index (χ0) is 15.7. The van der Waals surface area contributed by atoms with Gasteiger partial charge in [0.25, 0.3) is 0 Å². The van der Waals surface area contributed by atoms with Crippen LogP contribution in [0.1, 0.15) is 39.2 Å². The lowest BCUT2D eigenvalue weighted by Gasteiger charge is -2.24. The molecule has 0 atom stereocenters. The zero-order valence-electron chi connectivity index (χ0n) is 12.6. The highest BCUT2D eigenvalue weighted by Crippen LogP contribution is 2.46. The summed E-state index contributed by atoms with van der Waals surface area (Å²) in [6.45, 7) is 5.71. The third-order valence-electron chi connectivity index (χ3n) is 3.51. The molecule has 4 nitrogen and oxygen atoms in total. The van der Waals surface area contributed by atoms with Crippen molar-refractivity contribution in [1.29, 1.82) is 0 Å². The molecule has 0 aliphatic heterocycles. The van der Waals surface area contributed by atoms with Crippen molar-refractivity contribution in [2.45, 2.75) is 45.7 Å². The van der Waals surface area contributed by atoms with Crippen molar-refractivity contribution >= 4 is 11.8 Å². The van der Waals surface area contributed by atoms with Crippen LogP contribution in [0.4, 0.5) is 4.39 Å². The summed E-state index contributed by atoms with van der Waals surface area (Å²) in [6, 6.07) is 6.27. The average Bonchev–Trinajstić information content (AvgIpc) is 3.17. The van der Waals surface area contributed by atoms with Crippen LogP contribution >= 0.6 is 0 Å². The molecule has 0 unspecified atom stereocenters. The summed E-state index contributed by atoms with van der Waals surface area (Å²) in [4.78, 5) is 24.5. The van der Waals surface area contributed by atoms with E-state index < -0.39 is 5.41 Å². The van der Waals surface area contributed by atoms with Gasteiger partial charge in [0.15, 0.2) is 0 Å². The zero-order valence-corrected chi connectivity index (χ0v) is 12.6. The highest BCUT2D eigenvalue weighted by atomic mass is 19.1. The quantitative estimate of drug-likeness (QED) is 0.835. The van der Waals surface area contributed by atoms with Crippen molar-refractivity contribution in [1.82, 2.24) is 10.6 Å². The molecule has 0 aromatic heterocycles. The van der Waals surface area contributed by atoms with Crippen LogP contribution < -0.4 is 10.6 Å². The minimum atomic E-state index is -0.974. The van der Waals surface area contributed by atoms with Crippen LogP contribution in [0.25, 0.3) is 0 Å². The molecule has 1 aliphatic rings. The van der Waals surface area contributed by atoms with Gasteiger partial charge < -0.3 is 10.6 Å². The van der Waals surface area contributed by atoms with Gasteiger partial charge in [0, 0.05) is 17.6 Å². The van der Waals surface area contributed by atoms with E-state index in [1.807, 2.05) is 20.8 Å². The van der Waals surface area contributed by atoms with Gasteiger partial charge in [-0.05, 0) is 39.7 Å². The number of carbonyl (C=O) groups is 2. The van der Waals surface area contributed by atoms with Gasteiger partial charge in [-0.3, -0.25) is 9.59 Å². The van der Waals surface area contributed by atoms with Crippen LogP contribution in [0, 0.1) is 11.2 Å². The summed E-state index contributed by atoms with van der Waals surface area (Å²) in [7, 11) is 0. The molecule has 2 rings (SSSR count). The highest BCUT2D eigenvalue weighted by Gasteiger charge is 2.56. The topological polar surface area (TPSA) is 58.2 Å². The lowest BCUT2D eigenvalue weighted by molar-refractivity contribution is -0.138. The largest absolute Gasteiger partial charge is 0.351 e. The fraction of sp³-hybridized carbons (Fsp3) is 0.500. The van der Waals surface area contributed by atoms with E-state index >= 15 is 0 Å². The maximum Gasteiger partial charge on any atom is 0.236 e. The number of hydrogen-bond acceptors (Lipinski definition) is 2. The van der Waals surface area contributed by atoms with Crippen LogP contribution in [0.5, 0.6) is 0 Å². The number of rotatable bonds is 4.